The molecule has 1 heterocycles. The van der Waals surface area contributed by atoms with Gasteiger partial charge in [-0.15, -0.1) is 0 Å². The molecular formula is C25H28N2O6. The molecule has 8 heteroatoms. The first-order valence-corrected chi connectivity index (χ1v) is 10.9. The van der Waals surface area contributed by atoms with Crippen LogP contribution in [0.25, 0.3) is 6.08 Å². The van der Waals surface area contributed by atoms with Gasteiger partial charge in [0.2, 0.25) is 0 Å². The Labute approximate surface area is 193 Å². The van der Waals surface area contributed by atoms with Crippen LogP contribution in [0.15, 0.2) is 48.0 Å². The first kappa shape index (κ1) is 23.8. The Morgan fingerprint density at radius 1 is 0.939 bits per heavy atom. The Morgan fingerprint density at radius 2 is 1.70 bits per heavy atom. The van der Waals surface area contributed by atoms with Crippen molar-refractivity contribution in [2.45, 2.75) is 33.2 Å². The van der Waals surface area contributed by atoms with Crippen LogP contribution < -0.4 is 19.5 Å². The van der Waals surface area contributed by atoms with Gasteiger partial charge in [0.25, 0.3) is 11.8 Å². The van der Waals surface area contributed by atoms with Gasteiger partial charge in [-0.1, -0.05) is 32.0 Å². The molecule has 33 heavy (non-hydrogen) atoms. The SMILES string of the molecule is CCCOc1cccc(/C=C2/C(=O)NC(=O)N(Cc3ccc(OCCC)c(OC)c3)C2=O)c1. The minimum absolute atomic E-state index is 0.0284. The summed E-state index contributed by atoms with van der Waals surface area (Å²) in [5, 5.41) is 2.24. The van der Waals surface area contributed by atoms with Crippen LogP contribution in [-0.4, -0.2) is 43.1 Å². The number of hydrogen-bond acceptors (Lipinski definition) is 6. The van der Waals surface area contributed by atoms with Crippen LogP contribution in [0.3, 0.4) is 0 Å². The van der Waals surface area contributed by atoms with Crippen molar-refractivity contribution in [1.82, 2.24) is 10.2 Å². The van der Waals surface area contributed by atoms with Crippen LogP contribution in [0.5, 0.6) is 17.2 Å². The van der Waals surface area contributed by atoms with E-state index in [1.54, 1.807) is 42.5 Å². The number of nitrogens with zero attached hydrogens (tertiary/aromatic N) is 1. The zero-order valence-electron chi connectivity index (χ0n) is 19.1. The molecule has 0 atom stereocenters. The summed E-state index contributed by atoms with van der Waals surface area (Å²) in [5.74, 6) is 0.316. The molecule has 0 saturated carbocycles. The molecule has 0 spiro atoms. The predicted molar refractivity (Wildman–Crippen MR) is 123 cm³/mol. The smallest absolute Gasteiger partial charge is 0.331 e. The van der Waals surface area contributed by atoms with Crippen molar-refractivity contribution in [2.24, 2.45) is 0 Å². The van der Waals surface area contributed by atoms with Gasteiger partial charge >= 0.3 is 6.03 Å². The van der Waals surface area contributed by atoms with Gasteiger partial charge < -0.3 is 14.2 Å². The van der Waals surface area contributed by atoms with E-state index in [2.05, 4.69) is 5.32 Å². The second-order valence-corrected chi connectivity index (χ2v) is 7.46. The maximum Gasteiger partial charge on any atom is 0.331 e. The highest BCUT2D eigenvalue weighted by molar-refractivity contribution is 6.30. The van der Waals surface area contributed by atoms with Crippen molar-refractivity contribution in [2.75, 3.05) is 20.3 Å². The average Bonchev–Trinajstić information content (AvgIpc) is 2.82. The Balaban J connectivity index is 1.83. The van der Waals surface area contributed by atoms with Crippen LogP contribution >= 0.6 is 0 Å². The number of rotatable bonds is 10. The maximum atomic E-state index is 13.1. The maximum absolute atomic E-state index is 13.1. The van der Waals surface area contributed by atoms with Gasteiger partial charge in [-0.2, -0.15) is 0 Å². The highest BCUT2D eigenvalue weighted by Crippen LogP contribution is 2.29. The third-order valence-corrected chi connectivity index (χ3v) is 4.86. The number of benzene rings is 2. The number of methoxy groups -OCH3 is 1. The molecule has 0 bridgehead atoms. The number of amides is 4. The first-order chi connectivity index (χ1) is 16.0. The molecule has 1 aliphatic heterocycles. The second-order valence-electron chi connectivity index (χ2n) is 7.46. The fourth-order valence-electron chi connectivity index (χ4n) is 3.24. The quantitative estimate of drug-likeness (QED) is 0.434. The largest absolute Gasteiger partial charge is 0.494 e. The van der Waals surface area contributed by atoms with Crippen molar-refractivity contribution in [3.8, 4) is 17.2 Å². The summed E-state index contributed by atoms with van der Waals surface area (Å²) in [5.41, 5.74) is 1.15. The van der Waals surface area contributed by atoms with Crippen molar-refractivity contribution in [3.05, 3.63) is 59.2 Å². The lowest BCUT2D eigenvalue weighted by Crippen LogP contribution is -2.53. The minimum Gasteiger partial charge on any atom is -0.494 e. The van der Waals surface area contributed by atoms with Gasteiger partial charge in [0, 0.05) is 0 Å². The van der Waals surface area contributed by atoms with E-state index in [0.717, 1.165) is 17.7 Å². The number of carbonyl (C=O) groups is 3. The molecule has 2 aromatic carbocycles. The summed E-state index contributed by atoms with van der Waals surface area (Å²) in [4.78, 5) is 38.9. The summed E-state index contributed by atoms with van der Waals surface area (Å²) in [6.07, 6.45) is 3.17. The molecule has 1 saturated heterocycles. The van der Waals surface area contributed by atoms with Crippen molar-refractivity contribution in [3.63, 3.8) is 0 Å². The van der Waals surface area contributed by atoms with Crippen LogP contribution in [0.4, 0.5) is 4.79 Å². The van der Waals surface area contributed by atoms with Crippen LogP contribution in [0, 0.1) is 0 Å². The van der Waals surface area contributed by atoms with E-state index >= 15 is 0 Å². The molecule has 4 amide bonds. The molecule has 3 rings (SSSR count). The van der Waals surface area contributed by atoms with Gasteiger partial charge in [-0.3, -0.25) is 19.8 Å². The van der Waals surface area contributed by atoms with Gasteiger partial charge in [0.05, 0.1) is 26.9 Å². The Hall–Kier alpha value is -3.81. The van der Waals surface area contributed by atoms with E-state index < -0.39 is 17.8 Å². The number of ether oxygens (including phenoxy) is 3. The molecule has 1 N–H and O–H groups in total. The van der Waals surface area contributed by atoms with E-state index in [1.165, 1.54) is 13.2 Å². The Bertz CT molecular complexity index is 1060. The van der Waals surface area contributed by atoms with E-state index in [9.17, 15) is 14.4 Å². The third-order valence-electron chi connectivity index (χ3n) is 4.86. The van der Waals surface area contributed by atoms with Crippen molar-refractivity contribution < 1.29 is 28.6 Å². The predicted octanol–water partition coefficient (Wildman–Crippen LogP) is 3.93. The number of imide groups is 2. The topological polar surface area (TPSA) is 94.2 Å². The molecule has 0 aromatic heterocycles. The standard InChI is InChI=1S/C25H28N2O6/c1-4-11-32-19-8-6-7-17(13-19)14-20-23(28)26-25(30)27(24(20)29)16-18-9-10-21(33-12-5-2)22(15-18)31-3/h6-10,13-15H,4-5,11-12,16H2,1-3H3,(H,26,28,30)/b20-14-. The first-order valence-electron chi connectivity index (χ1n) is 10.9. The molecule has 1 aliphatic rings. The van der Waals surface area contributed by atoms with Crippen LogP contribution in [-0.2, 0) is 16.1 Å². The zero-order valence-corrected chi connectivity index (χ0v) is 19.1. The molecule has 0 radical (unpaired) electrons. The molecule has 174 valence electrons. The van der Waals surface area contributed by atoms with E-state index in [-0.39, 0.29) is 12.1 Å². The number of urea groups is 1. The summed E-state index contributed by atoms with van der Waals surface area (Å²) < 4.78 is 16.6. The third kappa shape index (κ3) is 5.91. The fraction of sp³-hybridized carbons (Fsp3) is 0.320. The number of carbonyl (C=O) groups excluding carboxylic acids is 3. The van der Waals surface area contributed by atoms with Gasteiger partial charge in [0.1, 0.15) is 11.3 Å². The summed E-state index contributed by atoms with van der Waals surface area (Å²) in [6, 6.07) is 11.5. The lowest BCUT2D eigenvalue weighted by atomic mass is 10.1. The normalized spacial score (nSPS) is 14.9. The fourth-order valence-corrected chi connectivity index (χ4v) is 3.24. The summed E-state index contributed by atoms with van der Waals surface area (Å²) in [7, 11) is 1.52. The van der Waals surface area contributed by atoms with Crippen molar-refractivity contribution >= 4 is 23.9 Å². The van der Waals surface area contributed by atoms with Crippen LogP contribution in [0.2, 0.25) is 0 Å². The van der Waals surface area contributed by atoms with Gasteiger partial charge in [-0.25, -0.2) is 4.79 Å². The second kappa shape index (κ2) is 11.2. The highest BCUT2D eigenvalue weighted by atomic mass is 16.5. The highest BCUT2D eigenvalue weighted by Gasteiger charge is 2.35. The van der Waals surface area contributed by atoms with E-state index in [1.807, 2.05) is 13.8 Å². The van der Waals surface area contributed by atoms with E-state index in [0.29, 0.717) is 41.6 Å². The number of barbiturate groups is 1. The van der Waals surface area contributed by atoms with Crippen LogP contribution in [0.1, 0.15) is 37.8 Å². The molecule has 0 unspecified atom stereocenters. The monoisotopic (exact) mass is 452 g/mol. The lowest BCUT2D eigenvalue weighted by Gasteiger charge is -2.26. The molecular weight excluding hydrogens is 424 g/mol. The Morgan fingerprint density at radius 3 is 2.42 bits per heavy atom. The summed E-state index contributed by atoms with van der Waals surface area (Å²) >= 11 is 0. The molecule has 0 aliphatic carbocycles. The average molecular weight is 453 g/mol. The zero-order chi connectivity index (χ0) is 23.8. The molecule has 1 fully saturated rings. The van der Waals surface area contributed by atoms with Gasteiger partial charge in [-0.05, 0) is 54.3 Å². The lowest BCUT2D eigenvalue weighted by molar-refractivity contribution is -0.130. The van der Waals surface area contributed by atoms with E-state index in [4.69, 9.17) is 14.2 Å². The molecule has 8 nitrogen and oxygen atoms in total. The van der Waals surface area contributed by atoms with Crippen molar-refractivity contribution in [1.29, 1.82) is 0 Å². The number of hydrogen-bond donors (Lipinski definition) is 1. The Kier molecular flexibility index (Phi) is 8.07. The summed E-state index contributed by atoms with van der Waals surface area (Å²) in [6.45, 7) is 5.09. The van der Waals surface area contributed by atoms with Gasteiger partial charge in [0.15, 0.2) is 11.5 Å². The molecule has 2 aromatic rings. The minimum atomic E-state index is -0.771. The number of nitrogens with one attached hydrogen (secondary N) is 1.